The van der Waals surface area contributed by atoms with Gasteiger partial charge in [0.25, 0.3) is 0 Å². The molecule has 3 heteroatoms. The second-order valence-electron chi connectivity index (χ2n) is 4.73. The first-order chi connectivity index (χ1) is 8.58. The highest BCUT2D eigenvalue weighted by atomic mass is 16.5. The van der Waals surface area contributed by atoms with E-state index >= 15 is 0 Å². The standard InChI is InChI=1S/C15H18N2O/c1-10(2)18-13-5-6-14(11(3)7-13)15-9-17-16-8-12(15)4/h5-10H,1-4H3. The van der Waals surface area contributed by atoms with E-state index < -0.39 is 0 Å². The molecule has 0 saturated heterocycles. The van der Waals surface area contributed by atoms with Crippen LogP contribution in [0.3, 0.4) is 0 Å². The zero-order valence-electron chi connectivity index (χ0n) is 11.3. The van der Waals surface area contributed by atoms with Gasteiger partial charge in [0.1, 0.15) is 5.75 Å². The van der Waals surface area contributed by atoms with E-state index in [0.29, 0.717) is 0 Å². The maximum absolute atomic E-state index is 5.69. The van der Waals surface area contributed by atoms with Crippen molar-refractivity contribution in [3.05, 3.63) is 41.7 Å². The summed E-state index contributed by atoms with van der Waals surface area (Å²) in [6.07, 6.45) is 3.79. The fourth-order valence-corrected chi connectivity index (χ4v) is 1.95. The van der Waals surface area contributed by atoms with Crippen molar-refractivity contribution in [3.63, 3.8) is 0 Å². The van der Waals surface area contributed by atoms with Crippen LogP contribution >= 0.6 is 0 Å². The summed E-state index contributed by atoms with van der Waals surface area (Å²) >= 11 is 0. The van der Waals surface area contributed by atoms with E-state index in [0.717, 1.165) is 16.9 Å². The first kappa shape index (κ1) is 12.6. The van der Waals surface area contributed by atoms with Gasteiger partial charge in [-0.25, -0.2) is 0 Å². The Bertz CT molecular complexity index is 550. The van der Waals surface area contributed by atoms with E-state index in [1.807, 2.05) is 26.8 Å². The molecule has 0 bridgehead atoms. The molecule has 18 heavy (non-hydrogen) atoms. The SMILES string of the molecule is Cc1cc(OC(C)C)ccc1-c1cnncc1C. The van der Waals surface area contributed by atoms with Crippen molar-refractivity contribution in [2.45, 2.75) is 33.8 Å². The predicted molar refractivity (Wildman–Crippen MR) is 72.7 cm³/mol. The van der Waals surface area contributed by atoms with Gasteiger partial charge in [-0.1, -0.05) is 6.07 Å². The third-order valence-corrected chi connectivity index (χ3v) is 2.79. The van der Waals surface area contributed by atoms with Crippen LogP contribution in [0.5, 0.6) is 5.75 Å². The number of ether oxygens (including phenoxy) is 1. The second kappa shape index (κ2) is 5.17. The van der Waals surface area contributed by atoms with Gasteiger partial charge in [0.15, 0.2) is 0 Å². The first-order valence-corrected chi connectivity index (χ1v) is 6.13. The van der Waals surface area contributed by atoms with E-state index in [9.17, 15) is 0 Å². The van der Waals surface area contributed by atoms with Crippen LogP contribution in [0.25, 0.3) is 11.1 Å². The molecule has 0 amide bonds. The number of hydrogen-bond acceptors (Lipinski definition) is 3. The van der Waals surface area contributed by atoms with Crippen LogP contribution < -0.4 is 4.74 Å². The molecule has 0 spiro atoms. The van der Waals surface area contributed by atoms with Crippen molar-refractivity contribution in [2.24, 2.45) is 0 Å². The van der Waals surface area contributed by atoms with E-state index in [1.165, 1.54) is 11.1 Å². The number of hydrogen-bond donors (Lipinski definition) is 0. The maximum atomic E-state index is 5.69. The van der Waals surface area contributed by atoms with Crippen molar-refractivity contribution in [3.8, 4) is 16.9 Å². The van der Waals surface area contributed by atoms with Crippen molar-refractivity contribution < 1.29 is 4.74 Å². The van der Waals surface area contributed by atoms with Gasteiger partial charge in [-0.05, 0) is 56.5 Å². The summed E-state index contributed by atoms with van der Waals surface area (Å²) in [7, 11) is 0. The molecule has 3 nitrogen and oxygen atoms in total. The van der Waals surface area contributed by atoms with E-state index in [-0.39, 0.29) is 6.10 Å². The van der Waals surface area contributed by atoms with E-state index in [1.54, 1.807) is 12.4 Å². The lowest BCUT2D eigenvalue weighted by Gasteiger charge is -2.13. The van der Waals surface area contributed by atoms with E-state index in [2.05, 4.69) is 29.3 Å². The highest BCUT2D eigenvalue weighted by molar-refractivity contribution is 5.69. The summed E-state index contributed by atoms with van der Waals surface area (Å²) in [5.74, 6) is 0.908. The number of nitrogens with zero attached hydrogens (tertiary/aromatic N) is 2. The second-order valence-corrected chi connectivity index (χ2v) is 4.73. The third-order valence-electron chi connectivity index (χ3n) is 2.79. The Morgan fingerprint density at radius 1 is 0.944 bits per heavy atom. The van der Waals surface area contributed by atoms with Gasteiger partial charge in [0.05, 0.1) is 18.5 Å². The van der Waals surface area contributed by atoms with Crippen LogP contribution in [0.1, 0.15) is 25.0 Å². The summed E-state index contributed by atoms with van der Waals surface area (Å²) < 4.78 is 5.69. The maximum Gasteiger partial charge on any atom is 0.119 e. The van der Waals surface area contributed by atoms with Crippen LogP contribution in [0, 0.1) is 13.8 Å². The summed E-state index contributed by atoms with van der Waals surface area (Å²) in [6, 6.07) is 6.15. The lowest BCUT2D eigenvalue weighted by atomic mass is 9.99. The molecule has 0 aliphatic carbocycles. The summed E-state index contributed by atoms with van der Waals surface area (Å²) in [4.78, 5) is 0. The molecule has 0 unspecified atom stereocenters. The Labute approximate surface area is 108 Å². The monoisotopic (exact) mass is 242 g/mol. The molecular weight excluding hydrogens is 224 g/mol. The molecule has 0 atom stereocenters. The molecule has 1 heterocycles. The molecule has 0 radical (unpaired) electrons. The van der Waals surface area contributed by atoms with Crippen LogP contribution in [-0.2, 0) is 0 Å². The highest BCUT2D eigenvalue weighted by Gasteiger charge is 2.07. The normalized spacial score (nSPS) is 10.7. The topological polar surface area (TPSA) is 35.0 Å². The average molecular weight is 242 g/mol. The number of aromatic nitrogens is 2. The lowest BCUT2D eigenvalue weighted by Crippen LogP contribution is -2.05. The number of rotatable bonds is 3. The molecule has 0 saturated carbocycles. The summed E-state index contributed by atoms with van der Waals surface area (Å²) in [6.45, 7) is 8.19. The molecule has 2 aromatic rings. The van der Waals surface area contributed by atoms with Crippen LogP contribution in [-0.4, -0.2) is 16.3 Å². The minimum absolute atomic E-state index is 0.194. The van der Waals surface area contributed by atoms with Gasteiger partial charge in [-0.2, -0.15) is 10.2 Å². The largest absolute Gasteiger partial charge is 0.491 e. The minimum atomic E-state index is 0.194. The zero-order valence-corrected chi connectivity index (χ0v) is 11.3. The van der Waals surface area contributed by atoms with Crippen molar-refractivity contribution in [1.29, 1.82) is 0 Å². The Kier molecular flexibility index (Phi) is 3.60. The molecular formula is C15H18N2O. The number of aryl methyl sites for hydroxylation is 2. The quantitative estimate of drug-likeness (QED) is 0.825. The Morgan fingerprint density at radius 3 is 2.28 bits per heavy atom. The van der Waals surface area contributed by atoms with Crippen molar-refractivity contribution >= 4 is 0 Å². The Balaban J connectivity index is 2.39. The zero-order chi connectivity index (χ0) is 13.1. The fourth-order valence-electron chi connectivity index (χ4n) is 1.95. The van der Waals surface area contributed by atoms with Crippen LogP contribution in [0.2, 0.25) is 0 Å². The van der Waals surface area contributed by atoms with Gasteiger partial charge >= 0.3 is 0 Å². The molecule has 94 valence electrons. The average Bonchev–Trinajstić information content (AvgIpc) is 2.30. The van der Waals surface area contributed by atoms with Crippen molar-refractivity contribution in [1.82, 2.24) is 10.2 Å². The summed E-state index contributed by atoms with van der Waals surface area (Å²) in [5, 5.41) is 7.83. The fraction of sp³-hybridized carbons (Fsp3) is 0.333. The third kappa shape index (κ3) is 2.67. The molecule has 2 rings (SSSR count). The van der Waals surface area contributed by atoms with Crippen LogP contribution in [0.4, 0.5) is 0 Å². The highest BCUT2D eigenvalue weighted by Crippen LogP contribution is 2.28. The molecule has 0 aliphatic heterocycles. The van der Waals surface area contributed by atoms with Gasteiger partial charge < -0.3 is 4.74 Å². The van der Waals surface area contributed by atoms with Gasteiger partial charge in [0.2, 0.25) is 0 Å². The summed E-state index contributed by atoms with van der Waals surface area (Å²) in [5.41, 5.74) is 4.62. The van der Waals surface area contributed by atoms with Gasteiger partial charge in [-0.15, -0.1) is 0 Å². The predicted octanol–water partition coefficient (Wildman–Crippen LogP) is 3.55. The van der Waals surface area contributed by atoms with E-state index in [4.69, 9.17) is 4.74 Å². The van der Waals surface area contributed by atoms with Gasteiger partial charge in [0, 0.05) is 5.56 Å². The molecule has 0 fully saturated rings. The lowest BCUT2D eigenvalue weighted by molar-refractivity contribution is 0.242. The number of benzene rings is 1. The molecule has 0 aliphatic rings. The Morgan fingerprint density at radius 2 is 1.67 bits per heavy atom. The first-order valence-electron chi connectivity index (χ1n) is 6.13. The van der Waals surface area contributed by atoms with Gasteiger partial charge in [-0.3, -0.25) is 0 Å². The Hall–Kier alpha value is -1.90. The smallest absolute Gasteiger partial charge is 0.119 e. The van der Waals surface area contributed by atoms with Crippen molar-refractivity contribution in [2.75, 3.05) is 0 Å². The molecule has 0 N–H and O–H groups in total. The molecule has 1 aromatic heterocycles. The van der Waals surface area contributed by atoms with Crippen LogP contribution in [0.15, 0.2) is 30.6 Å². The minimum Gasteiger partial charge on any atom is -0.491 e. The molecule has 1 aromatic carbocycles.